The smallest absolute Gasteiger partial charge is 0.411 e. The van der Waals surface area contributed by atoms with Crippen molar-refractivity contribution in [2.24, 2.45) is 0 Å². The molecule has 8 heteroatoms. The molecule has 1 saturated heterocycles. The Balaban J connectivity index is 0.000000245. The van der Waals surface area contributed by atoms with Crippen molar-refractivity contribution in [3.8, 4) is 11.1 Å². The molecule has 2 aromatic rings. The van der Waals surface area contributed by atoms with Gasteiger partial charge in [-0.3, -0.25) is 5.32 Å². The molecule has 1 fully saturated rings. The number of ether oxygens (including phenoxy) is 2. The third-order valence-corrected chi connectivity index (χ3v) is 4.63. The highest BCUT2D eigenvalue weighted by Crippen LogP contribution is 2.30. The van der Waals surface area contributed by atoms with Gasteiger partial charge in [-0.15, -0.1) is 0 Å². The fourth-order valence-corrected chi connectivity index (χ4v) is 3.08. The molecule has 1 heterocycles. The molecule has 0 spiro atoms. The number of hydrogen-bond acceptors (Lipinski definition) is 4. The van der Waals surface area contributed by atoms with Crippen LogP contribution in [0.5, 0.6) is 0 Å². The van der Waals surface area contributed by atoms with Crippen molar-refractivity contribution in [3.05, 3.63) is 53.3 Å². The van der Waals surface area contributed by atoms with Gasteiger partial charge in [0.2, 0.25) is 0 Å². The van der Waals surface area contributed by atoms with Crippen molar-refractivity contribution in [1.29, 1.82) is 0 Å². The highest BCUT2D eigenvalue weighted by Gasteiger charge is 2.23. The number of benzene rings is 2. The first kappa shape index (κ1) is 24.5. The van der Waals surface area contributed by atoms with Crippen LogP contribution in [0.2, 0.25) is 5.02 Å². The van der Waals surface area contributed by atoms with Gasteiger partial charge in [-0.2, -0.15) is 0 Å². The fourth-order valence-electron chi connectivity index (χ4n) is 2.89. The molecule has 31 heavy (non-hydrogen) atoms. The first-order valence-electron chi connectivity index (χ1n) is 9.98. The van der Waals surface area contributed by atoms with E-state index in [1.165, 1.54) is 19.2 Å². The molecule has 0 radical (unpaired) electrons. The van der Waals surface area contributed by atoms with E-state index in [0.717, 1.165) is 31.5 Å². The van der Waals surface area contributed by atoms with E-state index in [-0.39, 0.29) is 16.7 Å². The predicted octanol–water partition coefficient (Wildman–Crippen LogP) is 6.34. The van der Waals surface area contributed by atoms with Crippen molar-refractivity contribution in [3.63, 3.8) is 0 Å². The maximum Gasteiger partial charge on any atom is 0.411 e. The molecule has 0 saturated carbocycles. The second-order valence-corrected chi connectivity index (χ2v) is 8.37. The lowest BCUT2D eigenvalue weighted by atomic mass is 10.0. The molecule has 0 aromatic heterocycles. The average Bonchev–Trinajstić information content (AvgIpc) is 3.25. The zero-order chi connectivity index (χ0) is 23.0. The quantitative estimate of drug-likeness (QED) is 0.579. The summed E-state index contributed by atoms with van der Waals surface area (Å²) in [5.74, 6) is -0.483. The molecule has 168 valence electrons. The van der Waals surface area contributed by atoms with Gasteiger partial charge in [-0.25, -0.2) is 14.0 Å². The monoisotopic (exact) mass is 450 g/mol. The minimum Gasteiger partial charge on any atom is -0.453 e. The highest BCUT2D eigenvalue weighted by atomic mass is 35.5. The van der Waals surface area contributed by atoms with Gasteiger partial charge in [0, 0.05) is 18.7 Å². The number of amides is 2. The molecule has 6 nitrogen and oxygen atoms in total. The SMILES string of the molecule is CC(C)(C)OC(=O)N1CCCC1.COC(=O)Nc1ccccc1-c1ccc(F)c(Cl)c1. The molecule has 2 amide bonds. The van der Waals surface area contributed by atoms with Crippen LogP contribution in [-0.4, -0.2) is 42.9 Å². The molecule has 0 unspecified atom stereocenters. The van der Waals surface area contributed by atoms with E-state index in [2.05, 4.69) is 10.1 Å². The molecular formula is C23H28ClFN2O4. The van der Waals surface area contributed by atoms with Crippen LogP contribution in [0.15, 0.2) is 42.5 Å². The minimum atomic E-state index is -0.569. The second-order valence-electron chi connectivity index (χ2n) is 7.97. The second kappa shape index (κ2) is 11.0. The molecule has 1 aliphatic rings. The van der Waals surface area contributed by atoms with Crippen molar-refractivity contribution < 1.29 is 23.5 Å². The fraction of sp³-hybridized carbons (Fsp3) is 0.391. The summed E-state index contributed by atoms with van der Waals surface area (Å²) >= 11 is 5.76. The van der Waals surface area contributed by atoms with Gasteiger partial charge < -0.3 is 14.4 Å². The maximum atomic E-state index is 13.2. The van der Waals surface area contributed by atoms with E-state index in [9.17, 15) is 14.0 Å². The van der Waals surface area contributed by atoms with Crippen LogP contribution in [0.3, 0.4) is 0 Å². The largest absolute Gasteiger partial charge is 0.453 e. The van der Waals surface area contributed by atoms with Gasteiger partial charge in [-0.05, 0) is 57.4 Å². The van der Waals surface area contributed by atoms with Gasteiger partial charge in [0.05, 0.1) is 17.8 Å². The number of carbonyl (C=O) groups excluding carboxylic acids is 2. The number of anilines is 1. The Hall–Kier alpha value is -2.80. The summed E-state index contributed by atoms with van der Waals surface area (Å²) in [4.78, 5) is 24.4. The molecule has 0 bridgehead atoms. The number of carbonyl (C=O) groups is 2. The van der Waals surface area contributed by atoms with E-state index in [4.69, 9.17) is 16.3 Å². The zero-order valence-corrected chi connectivity index (χ0v) is 19.0. The van der Waals surface area contributed by atoms with E-state index >= 15 is 0 Å². The summed E-state index contributed by atoms with van der Waals surface area (Å²) in [7, 11) is 1.28. The minimum absolute atomic E-state index is 0.0328. The molecule has 3 rings (SSSR count). The number of likely N-dealkylation sites (tertiary alicyclic amines) is 1. The number of rotatable bonds is 2. The highest BCUT2D eigenvalue weighted by molar-refractivity contribution is 6.31. The molecule has 1 aliphatic heterocycles. The van der Waals surface area contributed by atoms with Crippen LogP contribution in [-0.2, 0) is 9.47 Å². The third-order valence-electron chi connectivity index (χ3n) is 4.34. The third kappa shape index (κ3) is 7.75. The zero-order valence-electron chi connectivity index (χ0n) is 18.2. The Morgan fingerprint density at radius 2 is 1.74 bits per heavy atom. The van der Waals surface area contributed by atoms with Crippen LogP contribution in [0.1, 0.15) is 33.6 Å². The summed E-state index contributed by atoms with van der Waals surface area (Å²) < 4.78 is 22.9. The van der Waals surface area contributed by atoms with E-state index in [0.29, 0.717) is 11.3 Å². The Morgan fingerprint density at radius 3 is 2.32 bits per heavy atom. The van der Waals surface area contributed by atoms with Gasteiger partial charge in [0.25, 0.3) is 0 Å². The van der Waals surface area contributed by atoms with E-state index in [1.807, 2.05) is 26.8 Å². The van der Waals surface area contributed by atoms with Gasteiger partial charge in [-0.1, -0.05) is 35.9 Å². The lowest BCUT2D eigenvalue weighted by Crippen LogP contribution is -2.34. The molecular weight excluding hydrogens is 423 g/mol. The predicted molar refractivity (Wildman–Crippen MR) is 120 cm³/mol. The number of methoxy groups -OCH3 is 1. The van der Waals surface area contributed by atoms with E-state index < -0.39 is 11.9 Å². The van der Waals surface area contributed by atoms with Crippen LogP contribution in [0.4, 0.5) is 19.7 Å². The average molecular weight is 451 g/mol. The first-order chi connectivity index (χ1) is 14.6. The summed E-state index contributed by atoms with van der Waals surface area (Å²) in [5.41, 5.74) is 1.64. The number of nitrogens with one attached hydrogen (secondary N) is 1. The number of hydrogen-bond donors (Lipinski definition) is 1. The Labute approximate surface area is 187 Å². The number of para-hydroxylation sites is 1. The van der Waals surface area contributed by atoms with Crippen LogP contribution in [0, 0.1) is 5.82 Å². The summed E-state index contributed by atoms with van der Waals surface area (Å²) in [5, 5.41) is 2.63. The first-order valence-corrected chi connectivity index (χ1v) is 10.4. The van der Waals surface area contributed by atoms with Gasteiger partial charge in [0.1, 0.15) is 11.4 Å². The van der Waals surface area contributed by atoms with Gasteiger partial charge in [0.15, 0.2) is 0 Å². The number of nitrogens with zero attached hydrogens (tertiary/aromatic N) is 1. The van der Waals surface area contributed by atoms with Crippen LogP contribution in [0.25, 0.3) is 11.1 Å². The summed E-state index contributed by atoms with van der Waals surface area (Å²) in [6.45, 7) is 7.38. The van der Waals surface area contributed by atoms with Crippen LogP contribution >= 0.6 is 11.6 Å². The van der Waals surface area contributed by atoms with Crippen molar-refractivity contribution >= 4 is 29.5 Å². The maximum absolute atomic E-state index is 13.2. The van der Waals surface area contributed by atoms with E-state index in [1.54, 1.807) is 29.2 Å². The Kier molecular flexibility index (Phi) is 8.68. The lowest BCUT2D eigenvalue weighted by Gasteiger charge is -2.23. The molecule has 0 aliphatic carbocycles. The molecule has 1 N–H and O–H groups in total. The summed E-state index contributed by atoms with van der Waals surface area (Å²) in [6.07, 6.45) is 1.49. The Morgan fingerprint density at radius 1 is 1.10 bits per heavy atom. The topological polar surface area (TPSA) is 67.9 Å². The molecule has 0 atom stereocenters. The van der Waals surface area contributed by atoms with Crippen molar-refractivity contribution in [1.82, 2.24) is 4.90 Å². The standard InChI is InChI=1S/C14H11ClFNO2.C9H17NO2/c1-19-14(18)17-13-5-3-2-4-10(13)9-6-7-12(16)11(15)8-9;1-9(2,3)12-8(11)10-6-4-5-7-10/h2-8H,1H3,(H,17,18);4-7H2,1-3H3. The Bertz CT molecular complexity index is 909. The van der Waals surface area contributed by atoms with Gasteiger partial charge >= 0.3 is 12.2 Å². The normalized spacial score (nSPS) is 13.2. The van der Waals surface area contributed by atoms with Crippen LogP contribution < -0.4 is 5.32 Å². The summed E-state index contributed by atoms with van der Waals surface area (Å²) in [6, 6.07) is 11.5. The van der Waals surface area contributed by atoms with Crippen molar-refractivity contribution in [2.45, 2.75) is 39.2 Å². The number of halogens is 2. The lowest BCUT2D eigenvalue weighted by molar-refractivity contribution is 0.0295. The van der Waals surface area contributed by atoms with Crippen molar-refractivity contribution in [2.75, 3.05) is 25.5 Å². The molecule has 2 aromatic carbocycles.